The molecule has 0 aromatic heterocycles. The number of rotatable bonds is 6. The van der Waals surface area contributed by atoms with Gasteiger partial charge in [-0.2, -0.15) is 0 Å². The van der Waals surface area contributed by atoms with E-state index in [4.69, 9.17) is 0 Å². The lowest BCUT2D eigenvalue weighted by Crippen LogP contribution is -2.41. The second-order valence-electron chi connectivity index (χ2n) is 6.64. The molecule has 0 bridgehead atoms. The molecular formula is C16H28N2O3. The molecule has 2 N–H and O–H groups in total. The molecule has 0 spiro atoms. The first-order valence-corrected chi connectivity index (χ1v) is 8.33. The summed E-state index contributed by atoms with van der Waals surface area (Å²) < 4.78 is 0. The highest BCUT2D eigenvalue weighted by molar-refractivity contribution is 5.79. The third kappa shape index (κ3) is 3.89. The summed E-state index contributed by atoms with van der Waals surface area (Å²) in [5, 5.41) is 12.3. The monoisotopic (exact) mass is 296 g/mol. The average molecular weight is 296 g/mol. The number of likely N-dealkylation sites (tertiary alicyclic amines) is 1. The number of hydrogen-bond donors (Lipinski definition) is 2. The Morgan fingerprint density at radius 2 is 2.05 bits per heavy atom. The van der Waals surface area contributed by atoms with Gasteiger partial charge in [0.05, 0.1) is 5.41 Å². The highest BCUT2D eigenvalue weighted by Crippen LogP contribution is 2.34. The first-order valence-electron chi connectivity index (χ1n) is 8.33. The van der Waals surface area contributed by atoms with Gasteiger partial charge in [-0.15, -0.1) is 0 Å². The Morgan fingerprint density at radius 1 is 1.33 bits per heavy atom. The van der Waals surface area contributed by atoms with Crippen molar-refractivity contribution in [2.24, 2.45) is 11.3 Å². The summed E-state index contributed by atoms with van der Waals surface area (Å²) in [7, 11) is 0. The van der Waals surface area contributed by atoms with Crippen molar-refractivity contribution in [1.29, 1.82) is 0 Å². The summed E-state index contributed by atoms with van der Waals surface area (Å²) in [6.07, 6.45) is 8.78. The smallest absolute Gasteiger partial charge is 0.317 e. The van der Waals surface area contributed by atoms with E-state index in [-0.39, 0.29) is 6.03 Å². The molecule has 1 aliphatic heterocycles. The Labute approximate surface area is 127 Å². The minimum absolute atomic E-state index is 0.0991. The van der Waals surface area contributed by atoms with Crippen LogP contribution in [0.3, 0.4) is 0 Å². The zero-order valence-corrected chi connectivity index (χ0v) is 13.1. The number of urea groups is 1. The standard InChI is InChI=1S/C16H28N2O3/c1-2-16(14(19)20)9-11-18(12-16)15(21)17-10-5-8-13-6-3-4-7-13/h13H,2-12H2,1H3,(H,17,21)(H,19,20). The van der Waals surface area contributed by atoms with Crippen molar-refractivity contribution >= 4 is 12.0 Å². The zero-order chi connectivity index (χ0) is 15.3. The van der Waals surface area contributed by atoms with Crippen molar-refractivity contribution in [1.82, 2.24) is 10.2 Å². The van der Waals surface area contributed by atoms with Crippen LogP contribution in [0.25, 0.3) is 0 Å². The number of carboxylic acids is 1. The van der Waals surface area contributed by atoms with Crippen molar-refractivity contribution in [3.05, 3.63) is 0 Å². The van der Waals surface area contributed by atoms with Gasteiger partial charge in [0, 0.05) is 19.6 Å². The number of carbonyl (C=O) groups excluding carboxylic acids is 1. The second kappa shape index (κ2) is 7.14. The predicted octanol–water partition coefficient (Wildman–Crippen LogP) is 2.85. The maximum atomic E-state index is 12.1. The van der Waals surface area contributed by atoms with Crippen molar-refractivity contribution in [2.75, 3.05) is 19.6 Å². The van der Waals surface area contributed by atoms with Crippen molar-refractivity contribution in [3.63, 3.8) is 0 Å². The van der Waals surface area contributed by atoms with Crippen molar-refractivity contribution in [2.45, 2.75) is 58.3 Å². The molecule has 1 heterocycles. The molecule has 1 saturated heterocycles. The molecular weight excluding hydrogens is 268 g/mol. The van der Waals surface area contributed by atoms with Gasteiger partial charge in [-0.05, 0) is 31.6 Å². The van der Waals surface area contributed by atoms with E-state index in [2.05, 4.69) is 5.32 Å². The van der Waals surface area contributed by atoms with Crippen LogP contribution in [0, 0.1) is 11.3 Å². The van der Waals surface area contributed by atoms with E-state index in [0.717, 1.165) is 12.3 Å². The molecule has 1 atom stereocenters. The summed E-state index contributed by atoms with van der Waals surface area (Å²) in [5.41, 5.74) is -0.735. The fourth-order valence-electron chi connectivity index (χ4n) is 3.66. The number of nitrogens with zero attached hydrogens (tertiary/aromatic N) is 1. The van der Waals surface area contributed by atoms with Crippen LogP contribution in [0.5, 0.6) is 0 Å². The van der Waals surface area contributed by atoms with Gasteiger partial charge in [-0.25, -0.2) is 4.79 Å². The highest BCUT2D eigenvalue weighted by Gasteiger charge is 2.44. The molecule has 2 aliphatic rings. The molecule has 5 heteroatoms. The van der Waals surface area contributed by atoms with Crippen LogP contribution in [0.1, 0.15) is 58.3 Å². The summed E-state index contributed by atoms with van der Waals surface area (Å²) in [5.74, 6) is 0.0787. The van der Waals surface area contributed by atoms with E-state index >= 15 is 0 Å². The van der Waals surface area contributed by atoms with Gasteiger partial charge in [0.25, 0.3) is 0 Å². The lowest BCUT2D eigenvalue weighted by atomic mass is 9.84. The molecule has 1 aliphatic carbocycles. The Kier molecular flexibility index (Phi) is 5.48. The van der Waals surface area contributed by atoms with Gasteiger partial charge in [0.15, 0.2) is 0 Å². The molecule has 2 fully saturated rings. The van der Waals surface area contributed by atoms with E-state index < -0.39 is 11.4 Å². The second-order valence-corrected chi connectivity index (χ2v) is 6.64. The molecule has 2 amide bonds. The normalized spacial score (nSPS) is 26.2. The Hall–Kier alpha value is -1.26. The van der Waals surface area contributed by atoms with Gasteiger partial charge in [0.2, 0.25) is 0 Å². The van der Waals surface area contributed by atoms with Crippen LogP contribution in [0.15, 0.2) is 0 Å². The Morgan fingerprint density at radius 3 is 2.62 bits per heavy atom. The highest BCUT2D eigenvalue weighted by atomic mass is 16.4. The molecule has 0 aromatic rings. The number of nitrogens with one attached hydrogen (secondary N) is 1. The third-order valence-electron chi connectivity index (χ3n) is 5.31. The molecule has 5 nitrogen and oxygen atoms in total. The summed E-state index contributed by atoms with van der Waals surface area (Å²) >= 11 is 0. The maximum absolute atomic E-state index is 12.1. The van der Waals surface area contributed by atoms with Gasteiger partial charge in [0.1, 0.15) is 0 Å². The van der Waals surface area contributed by atoms with Crippen LogP contribution in [0.4, 0.5) is 4.79 Å². The van der Waals surface area contributed by atoms with E-state index in [1.807, 2.05) is 6.92 Å². The zero-order valence-electron chi connectivity index (χ0n) is 13.1. The average Bonchev–Trinajstić information content (AvgIpc) is 3.13. The van der Waals surface area contributed by atoms with E-state index in [0.29, 0.717) is 32.5 Å². The van der Waals surface area contributed by atoms with Crippen LogP contribution < -0.4 is 5.32 Å². The molecule has 21 heavy (non-hydrogen) atoms. The summed E-state index contributed by atoms with van der Waals surface area (Å²) in [6.45, 7) is 3.48. The Balaban J connectivity index is 1.68. The lowest BCUT2D eigenvalue weighted by molar-refractivity contribution is -0.148. The molecule has 2 rings (SSSR count). The predicted molar refractivity (Wildman–Crippen MR) is 81.1 cm³/mol. The number of amides is 2. The maximum Gasteiger partial charge on any atom is 0.317 e. The van der Waals surface area contributed by atoms with E-state index in [1.165, 1.54) is 32.1 Å². The largest absolute Gasteiger partial charge is 0.481 e. The number of aliphatic carboxylic acids is 1. The molecule has 1 unspecified atom stereocenters. The molecule has 0 aromatic carbocycles. The van der Waals surface area contributed by atoms with Crippen LogP contribution in [-0.4, -0.2) is 41.6 Å². The first-order chi connectivity index (χ1) is 10.1. The van der Waals surface area contributed by atoms with Gasteiger partial charge < -0.3 is 15.3 Å². The van der Waals surface area contributed by atoms with Crippen LogP contribution in [0.2, 0.25) is 0 Å². The van der Waals surface area contributed by atoms with Crippen molar-refractivity contribution in [3.8, 4) is 0 Å². The van der Waals surface area contributed by atoms with Crippen LogP contribution >= 0.6 is 0 Å². The number of hydrogen-bond acceptors (Lipinski definition) is 2. The number of carbonyl (C=O) groups is 2. The summed E-state index contributed by atoms with van der Waals surface area (Å²) in [4.78, 5) is 25.1. The van der Waals surface area contributed by atoms with Gasteiger partial charge in [-0.1, -0.05) is 32.6 Å². The minimum Gasteiger partial charge on any atom is -0.481 e. The fourth-order valence-corrected chi connectivity index (χ4v) is 3.66. The SMILES string of the molecule is CCC1(C(=O)O)CCN(C(=O)NCCCC2CCCC2)C1. The number of carboxylic acid groups (broad SMARTS) is 1. The molecule has 1 saturated carbocycles. The first kappa shape index (κ1) is 16.1. The molecule has 0 radical (unpaired) electrons. The summed E-state index contributed by atoms with van der Waals surface area (Å²) in [6, 6.07) is -0.0991. The quantitative estimate of drug-likeness (QED) is 0.740. The van der Waals surface area contributed by atoms with Crippen LogP contribution in [-0.2, 0) is 4.79 Å². The van der Waals surface area contributed by atoms with E-state index in [1.54, 1.807) is 4.90 Å². The molecule has 120 valence electrons. The van der Waals surface area contributed by atoms with E-state index in [9.17, 15) is 14.7 Å². The Bertz CT molecular complexity index is 380. The van der Waals surface area contributed by atoms with Gasteiger partial charge in [-0.3, -0.25) is 4.79 Å². The fraction of sp³-hybridized carbons (Fsp3) is 0.875. The lowest BCUT2D eigenvalue weighted by Gasteiger charge is -2.23. The minimum atomic E-state index is -0.776. The van der Waals surface area contributed by atoms with Crippen molar-refractivity contribution < 1.29 is 14.7 Å². The third-order valence-corrected chi connectivity index (χ3v) is 5.31. The topological polar surface area (TPSA) is 69.6 Å². The van der Waals surface area contributed by atoms with Gasteiger partial charge >= 0.3 is 12.0 Å².